The van der Waals surface area contributed by atoms with Gasteiger partial charge >= 0.3 is 0 Å². The molecule has 0 aliphatic heterocycles. The van der Waals surface area contributed by atoms with Crippen molar-refractivity contribution in [3.63, 3.8) is 0 Å². The minimum atomic E-state index is 0.175. The van der Waals surface area contributed by atoms with Crippen LogP contribution in [0.5, 0.6) is 0 Å². The van der Waals surface area contributed by atoms with Gasteiger partial charge in [0.2, 0.25) is 0 Å². The van der Waals surface area contributed by atoms with Crippen LogP contribution in [0.25, 0.3) is 0 Å². The predicted octanol–water partition coefficient (Wildman–Crippen LogP) is 3.85. The zero-order valence-electron chi connectivity index (χ0n) is 12.5. The molecule has 4 nitrogen and oxygen atoms in total. The summed E-state index contributed by atoms with van der Waals surface area (Å²) < 4.78 is 2.89. The summed E-state index contributed by atoms with van der Waals surface area (Å²) in [5.41, 5.74) is 1.17. The highest BCUT2D eigenvalue weighted by molar-refractivity contribution is 9.10. The minimum Gasteiger partial charge on any atom is -0.313 e. The van der Waals surface area contributed by atoms with E-state index in [0.29, 0.717) is 5.92 Å². The number of aromatic nitrogens is 3. The molecule has 0 saturated carbocycles. The van der Waals surface area contributed by atoms with E-state index in [1.165, 1.54) is 5.56 Å². The molecule has 2 rings (SSSR count). The molecule has 1 atom stereocenters. The monoisotopic (exact) mass is 370 g/mol. The maximum atomic E-state index is 6.06. The Balaban J connectivity index is 2.19. The van der Waals surface area contributed by atoms with Crippen molar-refractivity contribution < 1.29 is 0 Å². The molecule has 0 bridgehead atoms. The second kappa shape index (κ2) is 7.38. The summed E-state index contributed by atoms with van der Waals surface area (Å²) >= 11 is 9.54. The Bertz CT molecular complexity index is 597. The van der Waals surface area contributed by atoms with Crippen LogP contribution in [-0.4, -0.2) is 21.8 Å². The Hall–Kier alpha value is -0.910. The normalized spacial score (nSPS) is 12.9. The van der Waals surface area contributed by atoms with E-state index in [-0.39, 0.29) is 6.04 Å². The highest BCUT2D eigenvalue weighted by Crippen LogP contribution is 2.27. The van der Waals surface area contributed by atoms with Crippen molar-refractivity contribution in [3.8, 4) is 0 Å². The van der Waals surface area contributed by atoms with Gasteiger partial charge in [-0.15, -0.1) is 0 Å². The number of nitrogens with zero attached hydrogens (tertiary/aromatic N) is 3. The lowest BCUT2D eigenvalue weighted by Gasteiger charge is -2.18. The molecule has 0 spiro atoms. The van der Waals surface area contributed by atoms with Crippen molar-refractivity contribution in [2.75, 3.05) is 7.05 Å². The third-order valence-electron chi connectivity index (χ3n) is 3.31. The fourth-order valence-electron chi connectivity index (χ4n) is 2.24. The van der Waals surface area contributed by atoms with E-state index in [1.807, 2.05) is 29.9 Å². The first-order valence-electron chi connectivity index (χ1n) is 7.00. The summed E-state index contributed by atoms with van der Waals surface area (Å²) in [4.78, 5) is 4.40. The zero-order valence-corrected chi connectivity index (χ0v) is 14.8. The van der Waals surface area contributed by atoms with Crippen molar-refractivity contribution in [1.82, 2.24) is 20.1 Å². The Kier molecular flexibility index (Phi) is 5.79. The molecule has 0 radical (unpaired) electrons. The molecular weight excluding hydrogens is 352 g/mol. The average Bonchev–Trinajstić information content (AvgIpc) is 2.85. The van der Waals surface area contributed by atoms with Gasteiger partial charge in [-0.1, -0.05) is 31.5 Å². The highest BCUT2D eigenvalue weighted by Gasteiger charge is 2.15. The third-order valence-corrected chi connectivity index (χ3v) is 4.53. The van der Waals surface area contributed by atoms with Gasteiger partial charge in [-0.05, 0) is 46.6 Å². The molecule has 0 fully saturated rings. The van der Waals surface area contributed by atoms with Gasteiger partial charge in [0.05, 0.1) is 5.02 Å². The first-order valence-corrected chi connectivity index (χ1v) is 8.17. The molecule has 21 heavy (non-hydrogen) atoms. The van der Waals surface area contributed by atoms with E-state index in [0.717, 1.165) is 28.3 Å². The highest BCUT2D eigenvalue weighted by atomic mass is 79.9. The van der Waals surface area contributed by atoms with Crippen LogP contribution in [-0.2, 0) is 13.0 Å². The maximum absolute atomic E-state index is 6.06. The van der Waals surface area contributed by atoms with Crippen molar-refractivity contribution in [3.05, 3.63) is 45.4 Å². The van der Waals surface area contributed by atoms with Crippen molar-refractivity contribution in [2.24, 2.45) is 5.92 Å². The smallest absolute Gasteiger partial charge is 0.138 e. The van der Waals surface area contributed by atoms with Gasteiger partial charge in [0.1, 0.15) is 12.2 Å². The van der Waals surface area contributed by atoms with Gasteiger partial charge in [0.15, 0.2) is 0 Å². The fraction of sp³-hybridized carbons (Fsp3) is 0.467. The Morgan fingerprint density at radius 3 is 2.76 bits per heavy atom. The number of halogens is 2. The summed E-state index contributed by atoms with van der Waals surface area (Å²) in [5.74, 6) is 1.54. The van der Waals surface area contributed by atoms with Crippen LogP contribution in [0.4, 0.5) is 0 Å². The maximum Gasteiger partial charge on any atom is 0.138 e. The third kappa shape index (κ3) is 4.28. The van der Waals surface area contributed by atoms with E-state index in [2.05, 4.69) is 45.2 Å². The van der Waals surface area contributed by atoms with Crippen LogP contribution < -0.4 is 5.32 Å². The van der Waals surface area contributed by atoms with Gasteiger partial charge in [-0.25, -0.2) is 9.67 Å². The fourth-order valence-corrected chi connectivity index (χ4v) is 2.76. The summed E-state index contributed by atoms with van der Waals surface area (Å²) in [6.07, 6.45) is 2.42. The number of benzene rings is 1. The molecule has 114 valence electrons. The Morgan fingerprint density at radius 2 is 2.14 bits per heavy atom. The van der Waals surface area contributed by atoms with E-state index in [9.17, 15) is 0 Å². The summed E-state index contributed by atoms with van der Waals surface area (Å²) in [6, 6.07) is 6.17. The van der Waals surface area contributed by atoms with Crippen molar-refractivity contribution in [2.45, 2.75) is 32.9 Å². The molecule has 0 aliphatic carbocycles. The lowest BCUT2D eigenvalue weighted by atomic mass is 10.0. The number of likely N-dealkylation sites (N-methyl/N-ethyl adjacent to an activating group) is 1. The molecule has 0 amide bonds. The van der Waals surface area contributed by atoms with Crippen molar-refractivity contribution >= 4 is 27.5 Å². The van der Waals surface area contributed by atoms with Crippen LogP contribution in [0, 0.1) is 5.92 Å². The second-order valence-corrected chi connectivity index (χ2v) is 6.73. The van der Waals surface area contributed by atoms with Gasteiger partial charge in [0.25, 0.3) is 0 Å². The van der Waals surface area contributed by atoms with Crippen LogP contribution in [0.3, 0.4) is 0 Å². The van der Waals surface area contributed by atoms with Gasteiger partial charge in [-0.3, -0.25) is 0 Å². The quantitative estimate of drug-likeness (QED) is 0.838. The number of hydrogen-bond acceptors (Lipinski definition) is 3. The number of hydrogen-bond donors (Lipinski definition) is 1. The van der Waals surface area contributed by atoms with Crippen LogP contribution in [0.1, 0.15) is 31.3 Å². The van der Waals surface area contributed by atoms with Crippen LogP contribution in [0.2, 0.25) is 5.02 Å². The van der Waals surface area contributed by atoms with Gasteiger partial charge in [-0.2, -0.15) is 5.10 Å². The summed E-state index contributed by atoms with van der Waals surface area (Å²) in [7, 11) is 1.95. The molecule has 6 heteroatoms. The summed E-state index contributed by atoms with van der Waals surface area (Å²) in [6.45, 7) is 5.24. The Morgan fingerprint density at radius 1 is 1.38 bits per heavy atom. The molecular formula is C15H20BrClN4. The lowest BCUT2D eigenvalue weighted by Crippen LogP contribution is -2.22. The first kappa shape index (κ1) is 16.5. The van der Waals surface area contributed by atoms with Gasteiger partial charge < -0.3 is 5.32 Å². The average molecular weight is 372 g/mol. The van der Waals surface area contributed by atoms with Crippen molar-refractivity contribution in [1.29, 1.82) is 0 Å². The van der Waals surface area contributed by atoms with Gasteiger partial charge in [0, 0.05) is 23.5 Å². The molecule has 1 aromatic carbocycles. The van der Waals surface area contributed by atoms with E-state index in [4.69, 9.17) is 11.6 Å². The number of nitrogens with one attached hydrogen (secondary N) is 1. The van der Waals surface area contributed by atoms with Crippen LogP contribution in [0.15, 0.2) is 29.0 Å². The molecule has 1 N–H and O–H groups in total. The largest absolute Gasteiger partial charge is 0.313 e. The van der Waals surface area contributed by atoms with E-state index >= 15 is 0 Å². The first-order chi connectivity index (χ1) is 10.0. The molecule has 1 unspecified atom stereocenters. The molecule has 1 heterocycles. The predicted molar refractivity (Wildman–Crippen MR) is 89.5 cm³/mol. The molecule has 0 aliphatic rings. The number of rotatable bonds is 6. The summed E-state index contributed by atoms with van der Waals surface area (Å²) in [5, 5.41) is 8.37. The topological polar surface area (TPSA) is 42.7 Å². The SMILES string of the molecule is CNC(Cc1ncnn1CC(C)C)c1ccc(Cl)c(Br)c1. The van der Waals surface area contributed by atoms with E-state index < -0.39 is 0 Å². The second-order valence-electron chi connectivity index (χ2n) is 5.47. The minimum absolute atomic E-state index is 0.175. The molecule has 1 aromatic heterocycles. The standard InChI is InChI=1S/C15H20BrClN4/c1-10(2)8-21-15(19-9-20-21)7-14(18-3)11-4-5-13(17)12(16)6-11/h4-6,9-10,14,18H,7-8H2,1-3H3. The molecule has 2 aromatic rings. The van der Waals surface area contributed by atoms with E-state index in [1.54, 1.807) is 6.33 Å². The lowest BCUT2D eigenvalue weighted by molar-refractivity contribution is 0.451. The molecule has 0 saturated heterocycles. The Labute approximate surface area is 139 Å². The zero-order chi connectivity index (χ0) is 15.4. The van der Waals surface area contributed by atoms with Crippen LogP contribution >= 0.6 is 27.5 Å².